The molecular weight excluding hydrogens is 192 g/mol. The van der Waals surface area contributed by atoms with Crippen LogP contribution >= 0.6 is 23.1 Å². The van der Waals surface area contributed by atoms with E-state index in [1.54, 1.807) is 23.1 Å². The standard InChI is InChI=1S/C6H6N4S2/c1-2-6(11-3-1)12-4-5-7-9-10-8-5/h1-3H,4H2,(H,7,8,9,10). The second kappa shape index (κ2) is 3.68. The van der Waals surface area contributed by atoms with Gasteiger partial charge in [0.1, 0.15) is 0 Å². The summed E-state index contributed by atoms with van der Waals surface area (Å²) in [5, 5.41) is 15.5. The summed E-state index contributed by atoms with van der Waals surface area (Å²) in [5.74, 6) is 1.61. The number of aromatic amines is 1. The van der Waals surface area contributed by atoms with E-state index >= 15 is 0 Å². The average molecular weight is 198 g/mol. The molecule has 0 aromatic carbocycles. The van der Waals surface area contributed by atoms with Crippen LogP contribution in [0, 0.1) is 0 Å². The van der Waals surface area contributed by atoms with Gasteiger partial charge in [-0.05, 0) is 21.9 Å². The van der Waals surface area contributed by atoms with Crippen LogP contribution in [0.25, 0.3) is 0 Å². The lowest BCUT2D eigenvalue weighted by Gasteiger charge is -1.91. The molecule has 0 amide bonds. The Morgan fingerprint density at radius 2 is 2.58 bits per heavy atom. The maximum atomic E-state index is 3.78. The number of tetrazole rings is 1. The van der Waals surface area contributed by atoms with Crippen molar-refractivity contribution in [1.82, 2.24) is 20.6 Å². The highest BCUT2D eigenvalue weighted by Crippen LogP contribution is 2.25. The van der Waals surface area contributed by atoms with E-state index < -0.39 is 0 Å². The number of thiophene rings is 1. The Bertz CT molecular complexity index is 281. The van der Waals surface area contributed by atoms with Crippen molar-refractivity contribution in [2.75, 3.05) is 0 Å². The maximum Gasteiger partial charge on any atom is 0.158 e. The fraction of sp³-hybridized carbons (Fsp3) is 0.167. The van der Waals surface area contributed by atoms with Crippen molar-refractivity contribution < 1.29 is 0 Å². The molecular formula is C6H6N4S2. The molecule has 0 aliphatic heterocycles. The molecule has 0 unspecified atom stereocenters. The first-order chi connectivity index (χ1) is 5.95. The zero-order valence-electron chi connectivity index (χ0n) is 6.10. The number of hydrogen-bond acceptors (Lipinski definition) is 5. The van der Waals surface area contributed by atoms with Crippen molar-refractivity contribution in [2.45, 2.75) is 9.96 Å². The van der Waals surface area contributed by atoms with Crippen LogP contribution < -0.4 is 0 Å². The van der Waals surface area contributed by atoms with E-state index in [0.717, 1.165) is 11.6 Å². The van der Waals surface area contributed by atoms with Gasteiger partial charge in [0.05, 0.1) is 9.96 Å². The van der Waals surface area contributed by atoms with E-state index in [1.807, 2.05) is 6.07 Å². The minimum atomic E-state index is 0.799. The number of hydrogen-bond donors (Lipinski definition) is 1. The summed E-state index contributed by atoms with van der Waals surface area (Å²) in [4.78, 5) is 0. The lowest BCUT2D eigenvalue weighted by atomic mass is 10.7. The van der Waals surface area contributed by atoms with Crippen LogP contribution in [0.15, 0.2) is 21.7 Å². The van der Waals surface area contributed by atoms with Gasteiger partial charge in [0.25, 0.3) is 0 Å². The summed E-state index contributed by atoms with van der Waals surface area (Å²) in [6, 6.07) is 4.12. The predicted molar refractivity (Wildman–Crippen MR) is 48.1 cm³/mol. The average Bonchev–Trinajstić information content (AvgIpc) is 2.74. The van der Waals surface area contributed by atoms with Gasteiger partial charge in [0.2, 0.25) is 0 Å². The number of thioether (sulfide) groups is 1. The smallest absolute Gasteiger partial charge is 0.158 e. The van der Waals surface area contributed by atoms with Crippen molar-refractivity contribution in [3.8, 4) is 0 Å². The summed E-state index contributed by atoms with van der Waals surface area (Å²) < 4.78 is 1.28. The molecule has 62 valence electrons. The Morgan fingerprint density at radius 1 is 1.58 bits per heavy atom. The van der Waals surface area contributed by atoms with Gasteiger partial charge in [0, 0.05) is 0 Å². The van der Waals surface area contributed by atoms with Crippen molar-refractivity contribution in [3.63, 3.8) is 0 Å². The molecule has 0 spiro atoms. The van der Waals surface area contributed by atoms with Crippen molar-refractivity contribution in [3.05, 3.63) is 23.3 Å². The Kier molecular flexibility index (Phi) is 2.38. The van der Waals surface area contributed by atoms with Crippen molar-refractivity contribution in [2.24, 2.45) is 0 Å². The fourth-order valence-corrected chi connectivity index (χ4v) is 2.37. The molecule has 2 aromatic heterocycles. The minimum Gasteiger partial charge on any atom is -0.242 e. The van der Waals surface area contributed by atoms with Gasteiger partial charge in [-0.25, -0.2) is 5.10 Å². The minimum absolute atomic E-state index is 0.799. The molecule has 6 heteroatoms. The summed E-state index contributed by atoms with van der Waals surface area (Å²) in [6.45, 7) is 0. The quantitative estimate of drug-likeness (QED) is 0.760. The lowest BCUT2D eigenvalue weighted by molar-refractivity contribution is 0.881. The van der Waals surface area contributed by atoms with Crippen LogP contribution in [0.2, 0.25) is 0 Å². The maximum absolute atomic E-state index is 3.78. The van der Waals surface area contributed by atoms with Crippen LogP contribution in [0.5, 0.6) is 0 Å². The van der Waals surface area contributed by atoms with Gasteiger partial charge < -0.3 is 0 Å². The third-order valence-corrected chi connectivity index (χ3v) is 3.38. The highest BCUT2D eigenvalue weighted by Gasteiger charge is 1.98. The number of nitrogens with one attached hydrogen (secondary N) is 1. The molecule has 0 aliphatic rings. The topological polar surface area (TPSA) is 54.5 Å². The Hall–Kier alpha value is -0.880. The third kappa shape index (κ3) is 1.83. The van der Waals surface area contributed by atoms with Gasteiger partial charge in [0.15, 0.2) is 5.82 Å². The van der Waals surface area contributed by atoms with Gasteiger partial charge in [-0.15, -0.1) is 28.2 Å². The van der Waals surface area contributed by atoms with Crippen LogP contribution in [0.1, 0.15) is 5.82 Å². The second-order valence-electron chi connectivity index (χ2n) is 2.07. The zero-order valence-corrected chi connectivity index (χ0v) is 7.73. The van der Waals surface area contributed by atoms with E-state index in [9.17, 15) is 0 Å². The van der Waals surface area contributed by atoms with Crippen LogP contribution in [0.3, 0.4) is 0 Å². The van der Waals surface area contributed by atoms with Gasteiger partial charge in [-0.2, -0.15) is 0 Å². The molecule has 1 N–H and O–H groups in total. The summed E-state index contributed by atoms with van der Waals surface area (Å²) in [5.41, 5.74) is 0. The summed E-state index contributed by atoms with van der Waals surface area (Å²) in [7, 11) is 0. The molecule has 0 aliphatic carbocycles. The first-order valence-corrected chi connectivity index (χ1v) is 5.20. The Morgan fingerprint density at radius 3 is 3.25 bits per heavy atom. The first-order valence-electron chi connectivity index (χ1n) is 3.34. The molecule has 2 heterocycles. The zero-order chi connectivity index (χ0) is 8.23. The Labute approximate surface area is 77.4 Å². The van der Waals surface area contributed by atoms with Gasteiger partial charge in [-0.3, -0.25) is 0 Å². The monoisotopic (exact) mass is 198 g/mol. The molecule has 0 atom stereocenters. The van der Waals surface area contributed by atoms with E-state index in [4.69, 9.17) is 0 Å². The van der Waals surface area contributed by atoms with Gasteiger partial charge in [-0.1, -0.05) is 6.07 Å². The first kappa shape index (κ1) is 7.75. The number of H-pyrrole nitrogens is 1. The second-order valence-corrected chi connectivity index (χ2v) is 4.29. The van der Waals surface area contributed by atoms with Crippen LogP contribution in [-0.2, 0) is 5.75 Å². The number of nitrogens with zero attached hydrogens (tertiary/aromatic N) is 3. The molecule has 0 saturated heterocycles. The van der Waals surface area contributed by atoms with Crippen molar-refractivity contribution >= 4 is 23.1 Å². The molecule has 2 aromatic rings. The molecule has 2 rings (SSSR count). The van der Waals surface area contributed by atoms with Gasteiger partial charge >= 0.3 is 0 Å². The highest BCUT2D eigenvalue weighted by molar-refractivity contribution is 8.00. The highest BCUT2D eigenvalue weighted by atomic mass is 32.2. The van der Waals surface area contributed by atoms with Crippen LogP contribution in [0.4, 0.5) is 0 Å². The van der Waals surface area contributed by atoms with E-state index in [1.165, 1.54) is 4.21 Å². The van der Waals surface area contributed by atoms with Crippen molar-refractivity contribution in [1.29, 1.82) is 0 Å². The molecule has 4 nitrogen and oxygen atoms in total. The normalized spacial score (nSPS) is 10.3. The van der Waals surface area contributed by atoms with E-state index in [0.29, 0.717) is 0 Å². The molecule has 0 fully saturated rings. The Balaban J connectivity index is 1.91. The lowest BCUT2D eigenvalue weighted by Crippen LogP contribution is -1.82. The van der Waals surface area contributed by atoms with Crippen LogP contribution in [-0.4, -0.2) is 20.6 Å². The molecule has 0 radical (unpaired) electrons. The fourth-order valence-electron chi connectivity index (χ4n) is 0.725. The molecule has 12 heavy (non-hydrogen) atoms. The molecule has 0 saturated carbocycles. The number of aromatic nitrogens is 4. The van der Waals surface area contributed by atoms with E-state index in [2.05, 4.69) is 32.1 Å². The summed E-state index contributed by atoms with van der Waals surface area (Å²) in [6.07, 6.45) is 0. The largest absolute Gasteiger partial charge is 0.242 e. The third-order valence-electron chi connectivity index (χ3n) is 1.24. The van der Waals surface area contributed by atoms with E-state index in [-0.39, 0.29) is 0 Å². The number of rotatable bonds is 3. The predicted octanol–water partition coefficient (Wildman–Crippen LogP) is 1.55. The SMILES string of the molecule is c1csc(SCc2nnn[nH]2)c1. The summed E-state index contributed by atoms with van der Waals surface area (Å²) >= 11 is 3.45. The molecule has 0 bridgehead atoms.